The number of nitrogens with zero attached hydrogens (tertiary/aromatic N) is 2. The van der Waals surface area contributed by atoms with Crippen LogP contribution in [-0.4, -0.2) is 22.5 Å². The average molecular weight is 361 g/mol. The van der Waals surface area contributed by atoms with E-state index >= 15 is 0 Å². The van der Waals surface area contributed by atoms with Crippen LogP contribution in [0.15, 0.2) is 54.3 Å². The maximum absolute atomic E-state index is 12.0. The van der Waals surface area contributed by atoms with Gasteiger partial charge in [0.1, 0.15) is 5.75 Å². The number of pyridine rings is 1. The Labute approximate surface area is 147 Å². The van der Waals surface area contributed by atoms with Gasteiger partial charge in [-0.3, -0.25) is 4.98 Å². The van der Waals surface area contributed by atoms with Crippen LogP contribution in [0.4, 0.5) is 0 Å². The van der Waals surface area contributed by atoms with Crippen LogP contribution in [0.2, 0.25) is 5.02 Å². The van der Waals surface area contributed by atoms with Crippen molar-refractivity contribution in [3.8, 4) is 11.6 Å². The molecule has 3 rings (SSSR count). The highest BCUT2D eigenvalue weighted by Gasteiger charge is 2.08. The largest absolute Gasteiger partial charge is 0.462 e. The fourth-order valence-electron chi connectivity index (χ4n) is 1.90. The second kappa shape index (κ2) is 7.90. The third-order valence-electron chi connectivity index (χ3n) is 3.08. The van der Waals surface area contributed by atoms with E-state index in [1.54, 1.807) is 59.4 Å². The van der Waals surface area contributed by atoms with Crippen molar-refractivity contribution in [2.75, 3.05) is 6.61 Å². The van der Waals surface area contributed by atoms with Gasteiger partial charge in [-0.2, -0.15) is 0 Å². The van der Waals surface area contributed by atoms with Gasteiger partial charge in [-0.05, 0) is 30.3 Å². The Hall–Kier alpha value is -2.44. The summed E-state index contributed by atoms with van der Waals surface area (Å²) >= 11 is 7.31. The van der Waals surface area contributed by atoms with E-state index in [1.165, 1.54) is 6.20 Å². The molecular weight excluding hydrogens is 348 g/mol. The fraction of sp³-hybridized carbons (Fsp3) is 0.118. The minimum Gasteiger partial charge on any atom is -0.462 e. The summed E-state index contributed by atoms with van der Waals surface area (Å²) in [6.07, 6.45) is 3.95. The van der Waals surface area contributed by atoms with E-state index in [4.69, 9.17) is 21.1 Å². The molecular formula is C17H13ClN2O3S. The van der Waals surface area contributed by atoms with E-state index < -0.39 is 0 Å². The molecule has 0 unspecified atom stereocenters. The lowest BCUT2D eigenvalue weighted by Gasteiger charge is -2.06. The molecule has 0 amide bonds. The lowest BCUT2D eigenvalue weighted by Crippen LogP contribution is -2.07. The Morgan fingerprint density at radius 1 is 1.12 bits per heavy atom. The van der Waals surface area contributed by atoms with Gasteiger partial charge in [0.05, 0.1) is 22.7 Å². The van der Waals surface area contributed by atoms with Gasteiger partial charge < -0.3 is 9.47 Å². The van der Waals surface area contributed by atoms with Gasteiger partial charge in [0, 0.05) is 29.8 Å². The Kier molecular flexibility index (Phi) is 5.40. The van der Waals surface area contributed by atoms with Crippen LogP contribution in [-0.2, 0) is 11.2 Å². The van der Waals surface area contributed by atoms with E-state index in [0.29, 0.717) is 35.2 Å². The second-order valence-corrected chi connectivity index (χ2v) is 6.20. The lowest BCUT2D eigenvalue weighted by molar-refractivity contribution is 0.0510. The fourth-order valence-corrected chi connectivity index (χ4v) is 2.59. The van der Waals surface area contributed by atoms with E-state index in [1.807, 2.05) is 0 Å². The summed E-state index contributed by atoms with van der Waals surface area (Å²) in [5.74, 6) is 0.640. The number of carbonyl (C=O) groups excluding carboxylic acids is 1. The maximum atomic E-state index is 12.0. The summed E-state index contributed by atoms with van der Waals surface area (Å²) in [7, 11) is 0. The molecule has 0 atom stereocenters. The standard InChI is InChI=1S/C17H13ClN2O3S/c18-13-3-6-16(20-9-13)23-14-4-1-12(2-5-14)17(21)22-8-7-15-10-19-11-24-15/h1-6,9-11H,7-8H2. The summed E-state index contributed by atoms with van der Waals surface area (Å²) < 4.78 is 10.8. The van der Waals surface area contributed by atoms with Crippen LogP contribution in [0.1, 0.15) is 15.2 Å². The van der Waals surface area contributed by atoms with Gasteiger partial charge in [-0.15, -0.1) is 11.3 Å². The highest BCUT2D eigenvalue weighted by molar-refractivity contribution is 7.09. The van der Waals surface area contributed by atoms with Crippen LogP contribution >= 0.6 is 22.9 Å². The lowest BCUT2D eigenvalue weighted by atomic mass is 10.2. The van der Waals surface area contributed by atoms with E-state index in [2.05, 4.69) is 9.97 Å². The highest BCUT2D eigenvalue weighted by Crippen LogP contribution is 2.21. The number of benzene rings is 1. The number of hydrogen-bond donors (Lipinski definition) is 0. The number of hydrogen-bond acceptors (Lipinski definition) is 6. The molecule has 0 fully saturated rings. The van der Waals surface area contributed by atoms with Crippen molar-refractivity contribution in [1.82, 2.24) is 9.97 Å². The number of ether oxygens (including phenoxy) is 2. The van der Waals surface area contributed by atoms with Crippen molar-refractivity contribution in [2.45, 2.75) is 6.42 Å². The monoisotopic (exact) mass is 360 g/mol. The van der Waals surface area contributed by atoms with Gasteiger partial charge in [0.25, 0.3) is 0 Å². The zero-order valence-corrected chi connectivity index (χ0v) is 14.1. The van der Waals surface area contributed by atoms with Crippen LogP contribution in [0.3, 0.4) is 0 Å². The Balaban J connectivity index is 1.53. The molecule has 0 bridgehead atoms. The molecule has 0 N–H and O–H groups in total. The quantitative estimate of drug-likeness (QED) is 0.610. The molecule has 24 heavy (non-hydrogen) atoms. The minimum absolute atomic E-state index is 0.327. The summed E-state index contributed by atoms with van der Waals surface area (Å²) in [6.45, 7) is 0.327. The second-order valence-electron chi connectivity index (χ2n) is 4.79. The molecule has 0 aliphatic rings. The molecule has 0 radical (unpaired) electrons. The van der Waals surface area contributed by atoms with Crippen LogP contribution in [0.5, 0.6) is 11.6 Å². The molecule has 2 heterocycles. The first-order chi connectivity index (χ1) is 11.7. The summed E-state index contributed by atoms with van der Waals surface area (Å²) in [4.78, 5) is 21.1. The number of esters is 1. The van der Waals surface area contributed by atoms with Crippen molar-refractivity contribution >= 4 is 28.9 Å². The molecule has 3 aromatic rings. The first-order valence-corrected chi connectivity index (χ1v) is 8.40. The zero-order valence-electron chi connectivity index (χ0n) is 12.5. The molecule has 7 heteroatoms. The number of rotatable bonds is 6. The number of carbonyl (C=O) groups is 1. The van der Waals surface area contributed by atoms with Gasteiger partial charge in [0.15, 0.2) is 0 Å². The van der Waals surface area contributed by atoms with Crippen molar-refractivity contribution in [3.63, 3.8) is 0 Å². The van der Waals surface area contributed by atoms with Gasteiger partial charge in [0.2, 0.25) is 5.88 Å². The molecule has 2 aromatic heterocycles. The zero-order chi connectivity index (χ0) is 16.8. The van der Waals surface area contributed by atoms with Crippen molar-refractivity contribution in [3.05, 3.63) is 69.8 Å². The van der Waals surface area contributed by atoms with Crippen LogP contribution < -0.4 is 4.74 Å². The highest BCUT2D eigenvalue weighted by atomic mass is 35.5. The Morgan fingerprint density at radius 3 is 2.62 bits per heavy atom. The summed E-state index contributed by atoms with van der Waals surface area (Å²) in [5.41, 5.74) is 2.22. The molecule has 0 spiro atoms. The molecule has 122 valence electrons. The number of halogens is 1. The first kappa shape index (κ1) is 16.4. The minimum atomic E-state index is -0.365. The van der Waals surface area contributed by atoms with Crippen molar-refractivity contribution in [2.24, 2.45) is 0 Å². The Morgan fingerprint density at radius 2 is 1.96 bits per heavy atom. The van der Waals surface area contributed by atoms with Crippen molar-refractivity contribution in [1.29, 1.82) is 0 Å². The maximum Gasteiger partial charge on any atom is 0.338 e. The topological polar surface area (TPSA) is 61.3 Å². The third-order valence-corrected chi connectivity index (χ3v) is 4.14. The van der Waals surface area contributed by atoms with Gasteiger partial charge in [-0.25, -0.2) is 9.78 Å². The van der Waals surface area contributed by atoms with Gasteiger partial charge in [-0.1, -0.05) is 11.6 Å². The normalized spacial score (nSPS) is 10.4. The predicted molar refractivity (Wildman–Crippen MR) is 91.9 cm³/mol. The smallest absolute Gasteiger partial charge is 0.338 e. The predicted octanol–water partition coefficient (Wildman–Crippen LogP) is 4.38. The van der Waals surface area contributed by atoms with Crippen LogP contribution in [0, 0.1) is 0 Å². The van der Waals surface area contributed by atoms with E-state index in [9.17, 15) is 4.79 Å². The van der Waals surface area contributed by atoms with Gasteiger partial charge >= 0.3 is 5.97 Å². The third kappa shape index (κ3) is 4.53. The van der Waals surface area contributed by atoms with Crippen molar-refractivity contribution < 1.29 is 14.3 Å². The molecule has 0 saturated heterocycles. The SMILES string of the molecule is O=C(OCCc1cncs1)c1ccc(Oc2ccc(Cl)cn2)cc1. The van der Waals surface area contributed by atoms with E-state index in [0.717, 1.165) is 4.88 Å². The Bertz CT molecular complexity index is 790. The summed E-state index contributed by atoms with van der Waals surface area (Å²) in [5, 5.41) is 0.541. The average Bonchev–Trinajstić information content (AvgIpc) is 3.11. The molecule has 1 aromatic carbocycles. The summed E-state index contributed by atoms with van der Waals surface area (Å²) in [6, 6.07) is 10.1. The molecule has 5 nitrogen and oxygen atoms in total. The van der Waals surface area contributed by atoms with E-state index in [-0.39, 0.29) is 5.97 Å². The number of thiazole rings is 1. The number of aromatic nitrogens is 2. The van der Waals surface area contributed by atoms with Crippen LogP contribution in [0.25, 0.3) is 0 Å². The molecule has 0 aliphatic heterocycles. The molecule has 0 aliphatic carbocycles. The molecule has 0 saturated carbocycles. The first-order valence-electron chi connectivity index (χ1n) is 7.15.